The van der Waals surface area contributed by atoms with Crippen molar-refractivity contribution in [2.24, 2.45) is 5.73 Å². The summed E-state index contributed by atoms with van der Waals surface area (Å²) in [6, 6.07) is 0. The number of carbonyl (C=O) groups excluding carboxylic acids is 1. The van der Waals surface area contributed by atoms with Crippen LogP contribution in [0.25, 0.3) is 0 Å². The minimum Gasteiger partial charge on any atom is -0.370 e. The first-order valence-electron chi connectivity index (χ1n) is 3.31. The monoisotopic (exact) mass is 151 g/mol. The third kappa shape index (κ3) is 2.75. The first-order chi connectivity index (χ1) is 5.29. The van der Waals surface area contributed by atoms with Gasteiger partial charge in [0.05, 0.1) is 0 Å². The number of amides is 1. The van der Waals surface area contributed by atoms with E-state index in [1.54, 1.807) is 12.4 Å². The lowest BCUT2D eigenvalue weighted by Gasteiger charge is -1.94. The Bertz CT molecular complexity index is 235. The molecule has 11 heavy (non-hydrogen) atoms. The van der Waals surface area contributed by atoms with Gasteiger partial charge in [-0.3, -0.25) is 4.79 Å². The number of primary amides is 1. The van der Waals surface area contributed by atoms with Crippen molar-refractivity contribution < 1.29 is 4.79 Å². The van der Waals surface area contributed by atoms with E-state index in [1.807, 2.05) is 0 Å². The van der Waals surface area contributed by atoms with Crippen molar-refractivity contribution in [1.29, 1.82) is 0 Å². The van der Waals surface area contributed by atoms with Crippen LogP contribution in [0.1, 0.15) is 12.0 Å². The van der Waals surface area contributed by atoms with E-state index in [9.17, 15) is 4.79 Å². The Hall–Kier alpha value is -1.45. The first-order valence-corrected chi connectivity index (χ1v) is 3.31. The Morgan fingerprint density at radius 2 is 2.09 bits per heavy atom. The minimum atomic E-state index is -0.297. The van der Waals surface area contributed by atoms with E-state index in [0.29, 0.717) is 12.8 Å². The quantitative estimate of drug-likeness (QED) is 0.655. The SMILES string of the molecule is NC(=O)CCc1cncnc1. The highest BCUT2D eigenvalue weighted by Crippen LogP contribution is 1.96. The fraction of sp³-hybridized carbons (Fsp3) is 0.286. The third-order valence-corrected chi connectivity index (χ3v) is 1.27. The molecule has 1 amide bonds. The van der Waals surface area contributed by atoms with Gasteiger partial charge in [0, 0.05) is 18.8 Å². The molecule has 0 unspecified atom stereocenters. The summed E-state index contributed by atoms with van der Waals surface area (Å²) in [5.74, 6) is -0.297. The zero-order valence-electron chi connectivity index (χ0n) is 6.03. The third-order valence-electron chi connectivity index (χ3n) is 1.27. The molecule has 1 heterocycles. The molecule has 1 aromatic rings. The molecule has 0 aliphatic rings. The van der Waals surface area contributed by atoms with Crippen LogP contribution in [-0.4, -0.2) is 15.9 Å². The van der Waals surface area contributed by atoms with Crippen LogP contribution < -0.4 is 5.73 Å². The van der Waals surface area contributed by atoms with Gasteiger partial charge in [0.1, 0.15) is 6.33 Å². The summed E-state index contributed by atoms with van der Waals surface area (Å²) < 4.78 is 0. The molecular formula is C7H9N3O. The molecule has 58 valence electrons. The van der Waals surface area contributed by atoms with Crippen LogP contribution in [0.4, 0.5) is 0 Å². The Balaban J connectivity index is 2.45. The molecule has 0 aliphatic heterocycles. The molecule has 0 bridgehead atoms. The van der Waals surface area contributed by atoms with Gasteiger partial charge in [0.15, 0.2) is 0 Å². The summed E-state index contributed by atoms with van der Waals surface area (Å²) in [4.78, 5) is 18.0. The molecule has 1 aromatic heterocycles. The van der Waals surface area contributed by atoms with Crippen molar-refractivity contribution in [3.8, 4) is 0 Å². The standard InChI is InChI=1S/C7H9N3O/c8-7(11)2-1-6-3-9-5-10-4-6/h3-5H,1-2H2,(H2,8,11). The summed E-state index contributed by atoms with van der Waals surface area (Å²) in [5.41, 5.74) is 5.90. The molecule has 0 fully saturated rings. The lowest BCUT2D eigenvalue weighted by Crippen LogP contribution is -2.11. The van der Waals surface area contributed by atoms with Gasteiger partial charge in [-0.05, 0) is 12.0 Å². The van der Waals surface area contributed by atoms with Gasteiger partial charge < -0.3 is 5.73 Å². The van der Waals surface area contributed by atoms with Crippen LogP contribution in [-0.2, 0) is 11.2 Å². The number of hydrogen-bond acceptors (Lipinski definition) is 3. The normalized spacial score (nSPS) is 9.45. The summed E-state index contributed by atoms with van der Waals surface area (Å²) >= 11 is 0. The fourth-order valence-electron chi connectivity index (χ4n) is 0.727. The molecule has 0 radical (unpaired) electrons. The van der Waals surface area contributed by atoms with E-state index in [4.69, 9.17) is 5.73 Å². The molecule has 0 aliphatic carbocycles. The number of nitrogens with two attached hydrogens (primary N) is 1. The van der Waals surface area contributed by atoms with Gasteiger partial charge in [0.25, 0.3) is 0 Å². The molecule has 0 saturated heterocycles. The van der Waals surface area contributed by atoms with Gasteiger partial charge in [-0.15, -0.1) is 0 Å². The zero-order valence-corrected chi connectivity index (χ0v) is 6.03. The average molecular weight is 151 g/mol. The van der Waals surface area contributed by atoms with Gasteiger partial charge in [-0.25, -0.2) is 9.97 Å². The average Bonchev–Trinajstić information content (AvgIpc) is 2.03. The van der Waals surface area contributed by atoms with Gasteiger partial charge in [0.2, 0.25) is 5.91 Å². The molecule has 4 nitrogen and oxygen atoms in total. The molecule has 2 N–H and O–H groups in total. The van der Waals surface area contributed by atoms with Gasteiger partial charge >= 0.3 is 0 Å². The Kier molecular flexibility index (Phi) is 2.54. The highest BCUT2D eigenvalue weighted by Gasteiger charge is 1.95. The number of carbonyl (C=O) groups is 1. The van der Waals surface area contributed by atoms with Crippen molar-refractivity contribution in [1.82, 2.24) is 9.97 Å². The van der Waals surface area contributed by atoms with E-state index in [2.05, 4.69) is 9.97 Å². The van der Waals surface area contributed by atoms with Crippen LogP contribution in [0.5, 0.6) is 0 Å². The molecule has 4 heteroatoms. The van der Waals surface area contributed by atoms with Gasteiger partial charge in [-0.1, -0.05) is 0 Å². The maximum absolute atomic E-state index is 10.4. The topological polar surface area (TPSA) is 68.9 Å². The zero-order chi connectivity index (χ0) is 8.10. The second kappa shape index (κ2) is 3.65. The predicted octanol–water partition coefficient (Wildman–Crippen LogP) is -0.106. The number of rotatable bonds is 3. The second-order valence-electron chi connectivity index (χ2n) is 2.21. The van der Waals surface area contributed by atoms with Crippen molar-refractivity contribution >= 4 is 5.91 Å². The maximum atomic E-state index is 10.4. The largest absolute Gasteiger partial charge is 0.370 e. The second-order valence-corrected chi connectivity index (χ2v) is 2.21. The van der Waals surface area contributed by atoms with Crippen LogP contribution in [0, 0.1) is 0 Å². The van der Waals surface area contributed by atoms with Crippen molar-refractivity contribution in [3.05, 3.63) is 24.3 Å². The molecule has 0 aromatic carbocycles. The van der Waals surface area contributed by atoms with Crippen LogP contribution in [0.2, 0.25) is 0 Å². The van der Waals surface area contributed by atoms with Crippen LogP contribution >= 0.6 is 0 Å². The molecule has 0 atom stereocenters. The smallest absolute Gasteiger partial charge is 0.217 e. The van der Waals surface area contributed by atoms with Gasteiger partial charge in [-0.2, -0.15) is 0 Å². The number of aryl methyl sites for hydroxylation is 1. The summed E-state index contributed by atoms with van der Waals surface area (Å²) in [6.07, 6.45) is 5.78. The van der Waals surface area contributed by atoms with Crippen molar-refractivity contribution in [3.63, 3.8) is 0 Å². The summed E-state index contributed by atoms with van der Waals surface area (Å²) in [6.45, 7) is 0. The van der Waals surface area contributed by atoms with Crippen LogP contribution in [0.15, 0.2) is 18.7 Å². The highest BCUT2D eigenvalue weighted by molar-refractivity contribution is 5.73. The molecular weight excluding hydrogens is 142 g/mol. The number of nitrogens with zero attached hydrogens (tertiary/aromatic N) is 2. The number of hydrogen-bond donors (Lipinski definition) is 1. The fourth-order valence-corrected chi connectivity index (χ4v) is 0.727. The maximum Gasteiger partial charge on any atom is 0.217 e. The van der Waals surface area contributed by atoms with Crippen LogP contribution in [0.3, 0.4) is 0 Å². The lowest BCUT2D eigenvalue weighted by molar-refractivity contribution is -0.117. The summed E-state index contributed by atoms with van der Waals surface area (Å²) in [7, 11) is 0. The van der Waals surface area contributed by atoms with E-state index in [0.717, 1.165) is 5.56 Å². The minimum absolute atomic E-state index is 0.297. The summed E-state index contributed by atoms with van der Waals surface area (Å²) in [5, 5.41) is 0. The van der Waals surface area contributed by atoms with E-state index in [1.165, 1.54) is 6.33 Å². The Morgan fingerprint density at radius 1 is 1.45 bits per heavy atom. The predicted molar refractivity (Wildman–Crippen MR) is 39.5 cm³/mol. The first kappa shape index (κ1) is 7.65. The molecule has 1 rings (SSSR count). The van der Waals surface area contributed by atoms with Crippen molar-refractivity contribution in [2.45, 2.75) is 12.8 Å². The van der Waals surface area contributed by atoms with Crippen molar-refractivity contribution in [2.75, 3.05) is 0 Å². The Labute approximate surface area is 64.5 Å². The number of aromatic nitrogens is 2. The molecule has 0 spiro atoms. The van der Waals surface area contributed by atoms with E-state index < -0.39 is 0 Å². The highest BCUT2D eigenvalue weighted by atomic mass is 16.1. The lowest BCUT2D eigenvalue weighted by atomic mass is 10.2. The van der Waals surface area contributed by atoms with E-state index in [-0.39, 0.29) is 5.91 Å². The van der Waals surface area contributed by atoms with E-state index >= 15 is 0 Å². The Morgan fingerprint density at radius 3 is 2.64 bits per heavy atom. The molecule has 0 saturated carbocycles.